The van der Waals surface area contributed by atoms with E-state index in [1.165, 1.54) is 19.3 Å². The predicted molar refractivity (Wildman–Crippen MR) is 143 cm³/mol. The number of nitrogens with zero attached hydrogens (tertiary/aromatic N) is 6. The summed E-state index contributed by atoms with van der Waals surface area (Å²) in [5.74, 6) is 1.17. The van der Waals surface area contributed by atoms with Crippen molar-refractivity contribution < 1.29 is 0 Å². The molecule has 7 rings (SSSR count). The van der Waals surface area contributed by atoms with E-state index in [1.54, 1.807) is 18.6 Å². The largest absolute Gasteiger partial charge is 0.358 e. The van der Waals surface area contributed by atoms with Crippen molar-refractivity contribution in [2.45, 2.75) is 19.3 Å². The van der Waals surface area contributed by atoms with Crippen molar-refractivity contribution in [1.29, 1.82) is 0 Å². The average Bonchev–Trinajstić information content (AvgIpc) is 3.52. The van der Waals surface area contributed by atoms with E-state index in [4.69, 9.17) is 9.97 Å². The zero-order valence-corrected chi connectivity index (χ0v) is 19.9. The molecular weight excluding hydrogens is 462 g/mol. The van der Waals surface area contributed by atoms with Crippen molar-refractivity contribution >= 4 is 27.8 Å². The van der Waals surface area contributed by atoms with E-state index in [2.05, 4.69) is 48.1 Å². The first-order valence-electron chi connectivity index (χ1n) is 12.2. The highest BCUT2D eigenvalue weighted by atomic mass is 15.2. The second-order valence-electron chi connectivity index (χ2n) is 9.29. The molecule has 0 amide bonds. The smallest absolute Gasteiger partial charge is 0.161 e. The number of rotatable bonds is 6. The van der Waals surface area contributed by atoms with E-state index in [0.29, 0.717) is 17.4 Å². The van der Waals surface area contributed by atoms with Crippen LogP contribution >= 0.6 is 0 Å². The van der Waals surface area contributed by atoms with E-state index in [0.717, 1.165) is 56.0 Å². The number of fused-ring (bicyclic) bond motifs is 2. The molecular formula is C28H23N9. The van der Waals surface area contributed by atoms with Gasteiger partial charge in [0.1, 0.15) is 11.0 Å². The molecule has 180 valence electrons. The summed E-state index contributed by atoms with van der Waals surface area (Å²) in [6.45, 7) is 4.21. The van der Waals surface area contributed by atoms with Crippen molar-refractivity contribution in [1.82, 2.24) is 40.1 Å². The van der Waals surface area contributed by atoms with Crippen LogP contribution in [0.4, 0.5) is 5.69 Å². The van der Waals surface area contributed by atoms with Gasteiger partial charge < -0.3 is 10.3 Å². The molecule has 1 aliphatic rings. The summed E-state index contributed by atoms with van der Waals surface area (Å²) in [5.41, 5.74) is 9.16. The van der Waals surface area contributed by atoms with Crippen LogP contribution in [0.15, 0.2) is 79.7 Å². The molecule has 0 atom stereocenters. The molecule has 0 aromatic carbocycles. The monoisotopic (exact) mass is 485 g/mol. The fraction of sp³-hybridized carbons (Fsp3) is 0.143. The molecule has 9 heteroatoms. The van der Waals surface area contributed by atoms with Crippen LogP contribution in [-0.4, -0.2) is 40.1 Å². The topological polar surface area (TPSA) is 121 Å². The van der Waals surface area contributed by atoms with Crippen LogP contribution in [0.1, 0.15) is 19.3 Å². The summed E-state index contributed by atoms with van der Waals surface area (Å²) in [6.07, 6.45) is 12.6. The lowest BCUT2D eigenvalue weighted by molar-refractivity contribution is 0.371. The lowest BCUT2D eigenvalue weighted by atomic mass is 9.83. The number of hydrogen-bond donors (Lipinski definition) is 3. The second kappa shape index (κ2) is 8.63. The Hall–Kier alpha value is -4.92. The number of H-pyrrole nitrogens is 2. The summed E-state index contributed by atoms with van der Waals surface area (Å²) in [6, 6.07) is 11.8. The fourth-order valence-electron chi connectivity index (χ4n) is 4.68. The minimum absolute atomic E-state index is 0.546. The molecule has 1 aliphatic carbocycles. The normalized spacial score (nSPS) is 13.6. The second-order valence-corrected chi connectivity index (χ2v) is 9.29. The molecule has 1 fully saturated rings. The molecule has 0 bridgehead atoms. The highest BCUT2D eigenvalue weighted by molar-refractivity contribution is 5.95. The zero-order valence-electron chi connectivity index (χ0n) is 19.9. The highest BCUT2D eigenvalue weighted by Gasteiger charge is 2.21. The van der Waals surface area contributed by atoms with Gasteiger partial charge in [-0.15, -0.1) is 0 Å². The molecule has 9 nitrogen and oxygen atoms in total. The maximum atomic E-state index is 4.95. The fourth-order valence-corrected chi connectivity index (χ4v) is 4.68. The van der Waals surface area contributed by atoms with E-state index in [1.807, 2.05) is 42.7 Å². The van der Waals surface area contributed by atoms with Crippen LogP contribution in [0.3, 0.4) is 0 Å². The van der Waals surface area contributed by atoms with Crippen LogP contribution in [0, 0.1) is 5.92 Å². The first kappa shape index (κ1) is 21.4. The standard InChI is InChI=1S/C28H23N9/c1-16(17-4-2-5-17)32-20-12-19(14-30-15-20)21-7-8-23-26(33-21)27(37-36-23)28-34-22-9-11-31-24(25(22)35-28)18-6-3-10-29-13-18/h3,6-15,17,32H,1-2,4-5H2,(H,34,35)(H,36,37). The average molecular weight is 486 g/mol. The van der Waals surface area contributed by atoms with Crippen LogP contribution < -0.4 is 5.32 Å². The van der Waals surface area contributed by atoms with Crippen molar-refractivity contribution in [3.05, 3.63) is 79.7 Å². The molecule has 1 saturated carbocycles. The summed E-state index contributed by atoms with van der Waals surface area (Å²) in [4.78, 5) is 26.4. The van der Waals surface area contributed by atoms with Gasteiger partial charge in [-0.1, -0.05) is 13.0 Å². The Kier molecular flexibility index (Phi) is 4.99. The molecule has 0 radical (unpaired) electrons. The van der Waals surface area contributed by atoms with Crippen molar-refractivity contribution in [2.24, 2.45) is 5.92 Å². The molecule has 37 heavy (non-hydrogen) atoms. The number of aromatic nitrogens is 8. The number of nitrogens with one attached hydrogen (secondary N) is 3. The lowest BCUT2D eigenvalue weighted by Gasteiger charge is -2.28. The van der Waals surface area contributed by atoms with Gasteiger partial charge >= 0.3 is 0 Å². The van der Waals surface area contributed by atoms with Crippen molar-refractivity contribution in [2.75, 3.05) is 5.32 Å². The molecule has 6 heterocycles. The third-order valence-corrected chi connectivity index (χ3v) is 6.90. The van der Waals surface area contributed by atoms with Gasteiger partial charge in [0, 0.05) is 41.6 Å². The van der Waals surface area contributed by atoms with Gasteiger partial charge in [0.15, 0.2) is 11.5 Å². The first-order chi connectivity index (χ1) is 18.2. The van der Waals surface area contributed by atoms with Crippen molar-refractivity contribution in [3.8, 4) is 34.0 Å². The third-order valence-electron chi connectivity index (χ3n) is 6.90. The molecule has 0 unspecified atom stereocenters. The first-order valence-corrected chi connectivity index (χ1v) is 12.2. The van der Waals surface area contributed by atoms with Crippen LogP contribution in [-0.2, 0) is 0 Å². The predicted octanol–water partition coefficient (Wildman–Crippen LogP) is 5.75. The Balaban J connectivity index is 1.26. The molecule has 0 spiro atoms. The van der Waals surface area contributed by atoms with Crippen LogP contribution in [0.5, 0.6) is 0 Å². The number of imidazole rings is 1. The van der Waals surface area contributed by atoms with Gasteiger partial charge in [-0.3, -0.25) is 20.1 Å². The maximum absolute atomic E-state index is 4.95. The minimum Gasteiger partial charge on any atom is -0.358 e. The Labute approximate surface area is 212 Å². The Morgan fingerprint density at radius 3 is 2.62 bits per heavy atom. The Morgan fingerprint density at radius 2 is 1.78 bits per heavy atom. The number of hydrogen-bond acceptors (Lipinski definition) is 7. The molecule has 0 aliphatic heterocycles. The van der Waals surface area contributed by atoms with Gasteiger partial charge in [0.25, 0.3) is 0 Å². The Bertz CT molecular complexity index is 1760. The van der Waals surface area contributed by atoms with E-state index < -0.39 is 0 Å². The summed E-state index contributed by atoms with van der Waals surface area (Å²) < 4.78 is 0. The molecule has 6 aromatic rings. The number of anilines is 1. The van der Waals surface area contributed by atoms with E-state index in [-0.39, 0.29) is 0 Å². The minimum atomic E-state index is 0.546. The maximum Gasteiger partial charge on any atom is 0.161 e. The Morgan fingerprint density at radius 1 is 0.892 bits per heavy atom. The molecule has 3 N–H and O–H groups in total. The van der Waals surface area contributed by atoms with Crippen LogP contribution in [0.25, 0.3) is 56.1 Å². The summed E-state index contributed by atoms with van der Waals surface area (Å²) >= 11 is 0. The quantitative estimate of drug-likeness (QED) is 0.275. The third kappa shape index (κ3) is 3.81. The van der Waals surface area contributed by atoms with Gasteiger partial charge in [-0.2, -0.15) is 5.10 Å². The van der Waals surface area contributed by atoms with Gasteiger partial charge in [-0.05, 0) is 55.2 Å². The SMILES string of the molecule is C=C(Nc1cncc(-c2ccc3[nH]nc(-c4nc5c(-c6cccnc6)nccc5[nH]4)c3n2)c1)C1CCC1. The van der Waals surface area contributed by atoms with Crippen molar-refractivity contribution in [3.63, 3.8) is 0 Å². The van der Waals surface area contributed by atoms with Gasteiger partial charge in [-0.25, -0.2) is 9.97 Å². The molecule has 0 saturated heterocycles. The van der Waals surface area contributed by atoms with Crippen LogP contribution in [0.2, 0.25) is 0 Å². The summed E-state index contributed by atoms with van der Waals surface area (Å²) in [5, 5.41) is 11.0. The number of pyridine rings is 4. The highest BCUT2D eigenvalue weighted by Crippen LogP contribution is 2.34. The lowest BCUT2D eigenvalue weighted by Crippen LogP contribution is -2.18. The molecule has 6 aromatic heterocycles. The van der Waals surface area contributed by atoms with E-state index >= 15 is 0 Å². The zero-order chi connectivity index (χ0) is 24.8. The van der Waals surface area contributed by atoms with E-state index in [9.17, 15) is 0 Å². The summed E-state index contributed by atoms with van der Waals surface area (Å²) in [7, 11) is 0. The number of allylic oxidation sites excluding steroid dienone is 1. The number of aromatic amines is 2. The van der Waals surface area contributed by atoms with Gasteiger partial charge in [0.2, 0.25) is 0 Å². The van der Waals surface area contributed by atoms with Gasteiger partial charge in [0.05, 0.1) is 34.3 Å².